The standard InChI is InChI=1S/C69H114O6/c1-4-7-10-13-15-17-19-21-23-25-27-29-30-31-32-33-34-35-36-37-38-40-41-43-45-47-49-51-53-56-59-62-68(71)74-65-66(64-73-67(70)61-58-55-12-9-6-3)75-69(72)63-60-57-54-52-50-48-46-44-42-39-28-26-24-22-20-18-16-14-11-8-5-2/h7-8,10-11,15-18,21-24,27-29,39,44,46,50,52,66H,4-6,9,12-14,19-20,25-26,30-38,40-43,45,47-49,51,53-65H2,1-3H3/b10-7-,11-8-,17-15-,18-16-,23-21-,24-22-,29-27-,39-28-,46-44-,52-50-. The summed E-state index contributed by atoms with van der Waals surface area (Å²) in [6.45, 7) is 6.30. The molecule has 0 aromatic heterocycles. The second-order valence-corrected chi connectivity index (χ2v) is 20.2. The number of carbonyl (C=O) groups excluding carboxylic acids is 3. The summed E-state index contributed by atoms with van der Waals surface area (Å²) in [6, 6.07) is 0. The smallest absolute Gasteiger partial charge is 0.306 e. The van der Waals surface area contributed by atoms with E-state index in [1.54, 1.807) is 0 Å². The molecule has 0 spiro atoms. The van der Waals surface area contributed by atoms with Gasteiger partial charge in [0.05, 0.1) is 0 Å². The highest BCUT2D eigenvalue weighted by atomic mass is 16.6. The van der Waals surface area contributed by atoms with Crippen molar-refractivity contribution in [1.29, 1.82) is 0 Å². The SMILES string of the molecule is CC/C=C\C/C=C\C/C=C\C/C=C\C/C=C\C/C=C\CCCCC(=O)OC(COC(=O)CCCCCCC)COC(=O)CCCCCCCCCCCCCCCCCCCC/C=C\C/C=C\C/C=C\C/C=C\CC. The van der Waals surface area contributed by atoms with Gasteiger partial charge in [0.2, 0.25) is 0 Å². The lowest BCUT2D eigenvalue weighted by atomic mass is 10.0. The maximum Gasteiger partial charge on any atom is 0.306 e. The molecule has 0 aliphatic carbocycles. The van der Waals surface area contributed by atoms with Gasteiger partial charge in [0, 0.05) is 19.3 Å². The maximum atomic E-state index is 12.8. The number of carbonyl (C=O) groups is 3. The molecule has 426 valence electrons. The normalized spacial score (nSPS) is 12.9. The van der Waals surface area contributed by atoms with E-state index in [4.69, 9.17) is 14.2 Å². The summed E-state index contributed by atoms with van der Waals surface area (Å²) in [6.07, 6.45) is 86.9. The molecule has 0 heterocycles. The Hall–Kier alpha value is -4.19. The zero-order chi connectivity index (χ0) is 54.3. The van der Waals surface area contributed by atoms with E-state index in [-0.39, 0.29) is 37.5 Å². The number of rotatable bonds is 55. The topological polar surface area (TPSA) is 78.9 Å². The van der Waals surface area contributed by atoms with Gasteiger partial charge in [-0.15, -0.1) is 0 Å². The van der Waals surface area contributed by atoms with E-state index in [9.17, 15) is 14.4 Å². The van der Waals surface area contributed by atoms with E-state index in [2.05, 4.69) is 142 Å². The van der Waals surface area contributed by atoms with Gasteiger partial charge in [0.1, 0.15) is 13.2 Å². The lowest BCUT2D eigenvalue weighted by Gasteiger charge is -2.18. The molecule has 0 bridgehead atoms. The number of allylic oxidation sites excluding steroid dienone is 20. The Morgan fingerprint density at radius 3 is 0.840 bits per heavy atom. The summed E-state index contributed by atoms with van der Waals surface area (Å²) < 4.78 is 16.7. The third-order valence-electron chi connectivity index (χ3n) is 13.0. The van der Waals surface area contributed by atoms with Crippen molar-refractivity contribution < 1.29 is 28.6 Å². The summed E-state index contributed by atoms with van der Waals surface area (Å²) in [5.41, 5.74) is 0. The number of unbranched alkanes of at least 4 members (excludes halogenated alkanes) is 24. The fraction of sp³-hybridized carbons (Fsp3) is 0.667. The third-order valence-corrected chi connectivity index (χ3v) is 13.0. The second-order valence-electron chi connectivity index (χ2n) is 20.2. The first-order chi connectivity index (χ1) is 37.0. The summed E-state index contributed by atoms with van der Waals surface area (Å²) in [5, 5.41) is 0. The van der Waals surface area contributed by atoms with E-state index in [1.807, 2.05) is 0 Å². The van der Waals surface area contributed by atoms with Crippen molar-refractivity contribution >= 4 is 17.9 Å². The first kappa shape index (κ1) is 70.8. The van der Waals surface area contributed by atoms with Crippen molar-refractivity contribution in [3.05, 3.63) is 122 Å². The van der Waals surface area contributed by atoms with E-state index < -0.39 is 6.10 Å². The van der Waals surface area contributed by atoms with Crippen LogP contribution < -0.4 is 0 Å². The largest absolute Gasteiger partial charge is 0.462 e. The highest BCUT2D eigenvalue weighted by molar-refractivity contribution is 5.71. The molecular formula is C69H114O6. The molecule has 0 saturated carbocycles. The summed E-state index contributed by atoms with van der Waals surface area (Å²) >= 11 is 0. The van der Waals surface area contributed by atoms with Gasteiger partial charge in [-0.1, -0.05) is 271 Å². The van der Waals surface area contributed by atoms with Crippen molar-refractivity contribution in [1.82, 2.24) is 0 Å². The van der Waals surface area contributed by atoms with Crippen molar-refractivity contribution in [3.63, 3.8) is 0 Å². The van der Waals surface area contributed by atoms with E-state index in [1.165, 1.54) is 103 Å². The monoisotopic (exact) mass is 1040 g/mol. The predicted octanol–water partition coefficient (Wildman–Crippen LogP) is 21.2. The lowest BCUT2D eigenvalue weighted by Crippen LogP contribution is -2.30. The second kappa shape index (κ2) is 62.4. The van der Waals surface area contributed by atoms with Crippen LogP contribution in [0.25, 0.3) is 0 Å². The van der Waals surface area contributed by atoms with Crippen LogP contribution in [0.3, 0.4) is 0 Å². The lowest BCUT2D eigenvalue weighted by molar-refractivity contribution is -0.167. The molecule has 6 nitrogen and oxygen atoms in total. The molecule has 75 heavy (non-hydrogen) atoms. The van der Waals surface area contributed by atoms with Crippen molar-refractivity contribution in [2.45, 2.75) is 284 Å². The van der Waals surface area contributed by atoms with Crippen LogP contribution in [-0.2, 0) is 28.6 Å². The molecule has 0 saturated heterocycles. The van der Waals surface area contributed by atoms with Crippen LogP contribution in [0, 0.1) is 0 Å². The zero-order valence-corrected chi connectivity index (χ0v) is 48.8. The molecule has 0 N–H and O–H groups in total. The average Bonchev–Trinajstić information content (AvgIpc) is 3.41. The van der Waals surface area contributed by atoms with Crippen LogP contribution in [0.4, 0.5) is 0 Å². The van der Waals surface area contributed by atoms with E-state index in [0.29, 0.717) is 19.3 Å². The molecule has 0 aromatic rings. The molecule has 0 rings (SSSR count). The minimum atomic E-state index is -0.799. The van der Waals surface area contributed by atoms with Crippen molar-refractivity contribution in [3.8, 4) is 0 Å². The summed E-state index contributed by atoms with van der Waals surface area (Å²) in [7, 11) is 0. The molecule has 1 unspecified atom stereocenters. The first-order valence-electron chi connectivity index (χ1n) is 31.0. The number of esters is 3. The van der Waals surface area contributed by atoms with Gasteiger partial charge in [-0.25, -0.2) is 0 Å². The van der Waals surface area contributed by atoms with Gasteiger partial charge in [0.15, 0.2) is 6.10 Å². The zero-order valence-electron chi connectivity index (χ0n) is 48.8. The van der Waals surface area contributed by atoms with Crippen LogP contribution in [0.5, 0.6) is 0 Å². The van der Waals surface area contributed by atoms with Crippen LogP contribution in [0.1, 0.15) is 278 Å². The molecule has 0 amide bonds. The molecule has 0 aliphatic rings. The predicted molar refractivity (Wildman–Crippen MR) is 325 cm³/mol. The van der Waals surface area contributed by atoms with Crippen LogP contribution in [0.15, 0.2) is 122 Å². The number of hydrogen-bond acceptors (Lipinski definition) is 6. The van der Waals surface area contributed by atoms with E-state index >= 15 is 0 Å². The average molecular weight is 1040 g/mol. The quantitative estimate of drug-likeness (QED) is 0.0261. The first-order valence-corrected chi connectivity index (χ1v) is 31.0. The van der Waals surface area contributed by atoms with Crippen molar-refractivity contribution in [2.24, 2.45) is 0 Å². The highest BCUT2D eigenvalue weighted by Crippen LogP contribution is 2.16. The van der Waals surface area contributed by atoms with E-state index in [0.717, 1.165) is 128 Å². The summed E-state index contributed by atoms with van der Waals surface area (Å²) in [5.74, 6) is -0.951. The molecule has 6 heteroatoms. The number of ether oxygens (including phenoxy) is 3. The van der Waals surface area contributed by atoms with Crippen LogP contribution in [-0.4, -0.2) is 37.2 Å². The van der Waals surface area contributed by atoms with Crippen LogP contribution in [0.2, 0.25) is 0 Å². The highest BCUT2D eigenvalue weighted by Gasteiger charge is 2.19. The van der Waals surface area contributed by atoms with Gasteiger partial charge in [-0.2, -0.15) is 0 Å². The number of hydrogen-bond donors (Lipinski definition) is 0. The molecule has 0 fully saturated rings. The fourth-order valence-corrected chi connectivity index (χ4v) is 8.38. The van der Waals surface area contributed by atoms with Gasteiger partial charge < -0.3 is 14.2 Å². The summed E-state index contributed by atoms with van der Waals surface area (Å²) in [4.78, 5) is 37.9. The Morgan fingerprint density at radius 2 is 0.520 bits per heavy atom. The Bertz CT molecular complexity index is 1570. The molecular weight excluding hydrogens is 925 g/mol. The van der Waals surface area contributed by atoms with Gasteiger partial charge in [0.25, 0.3) is 0 Å². The Labute approximate surface area is 462 Å². The van der Waals surface area contributed by atoms with Gasteiger partial charge in [-0.05, 0) is 109 Å². The molecule has 0 aliphatic heterocycles. The minimum Gasteiger partial charge on any atom is -0.462 e. The van der Waals surface area contributed by atoms with Crippen molar-refractivity contribution in [2.75, 3.05) is 13.2 Å². The minimum absolute atomic E-state index is 0.0957. The Kier molecular flexibility index (Phi) is 58.9. The Morgan fingerprint density at radius 1 is 0.280 bits per heavy atom. The van der Waals surface area contributed by atoms with Gasteiger partial charge >= 0.3 is 17.9 Å². The maximum absolute atomic E-state index is 12.8. The third kappa shape index (κ3) is 60.6. The fourth-order valence-electron chi connectivity index (χ4n) is 8.38. The van der Waals surface area contributed by atoms with Gasteiger partial charge in [-0.3, -0.25) is 14.4 Å². The molecule has 1 atom stereocenters. The Balaban J connectivity index is 4.06. The molecule has 0 aromatic carbocycles. The van der Waals surface area contributed by atoms with Crippen LogP contribution >= 0.6 is 0 Å². The molecule has 0 radical (unpaired) electrons.